The monoisotopic (exact) mass is 176 g/mol. The SMILES string of the molecule is C=CCC1(CC=C)C[C@@H]2CC[C@H]1C2. The number of fused-ring (bicyclic) bond motifs is 2. The van der Waals surface area contributed by atoms with Crippen molar-refractivity contribution in [2.45, 2.75) is 38.5 Å². The standard InChI is InChI=1S/C13H20/c1-3-7-13(8-4-2)10-11-5-6-12(13)9-11/h3-4,11-12H,1-2,5-10H2/t11-,12+/m1/s1. The smallest absolute Gasteiger partial charge is 0.0198 e. The lowest BCUT2D eigenvalue weighted by atomic mass is 9.69. The third kappa shape index (κ3) is 1.37. The van der Waals surface area contributed by atoms with Crippen LogP contribution in [0.2, 0.25) is 0 Å². The van der Waals surface area contributed by atoms with Crippen LogP contribution in [-0.4, -0.2) is 0 Å². The van der Waals surface area contributed by atoms with Gasteiger partial charge in [-0.05, 0) is 49.4 Å². The zero-order valence-corrected chi connectivity index (χ0v) is 8.47. The molecule has 2 saturated carbocycles. The summed E-state index contributed by atoms with van der Waals surface area (Å²) in [5, 5.41) is 0. The van der Waals surface area contributed by atoms with Crippen molar-refractivity contribution < 1.29 is 0 Å². The van der Waals surface area contributed by atoms with Crippen LogP contribution in [0.3, 0.4) is 0 Å². The molecule has 2 rings (SSSR count). The summed E-state index contributed by atoms with van der Waals surface area (Å²) in [5.41, 5.74) is 0.576. The molecule has 0 unspecified atom stereocenters. The minimum atomic E-state index is 0.576. The fourth-order valence-corrected chi connectivity index (χ4v) is 3.72. The highest BCUT2D eigenvalue weighted by Gasteiger charge is 2.48. The minimum Gasteiger partial charge on any atom is -0.103 e. The summed E-state index contributed by atoms with van der Waals surface area (Å²) >= 11 is 0. The van der Waals surface area contributed by atoms with Gasteiger partial charge in [-0.25, -0.2) is 0 Å². The van der Waals surface area contributed by atoms with Crippen molar-refractivity contribution in [3.63, 3.8) is 0 Å². The van der Waals surface area contributed by atoms with E-state index in [1.807, 2.05) is 0 Å². The molecule has 0 amide bonds. The maximum absolute atomic E-state index is 3.90. The molecular weight excluding hydrogens is 156 g/mol. The third-order valence-electron chi connectivity index (χ3n) is 4.20. The van der Waals surface area contributed by atoms with Crippen LogP contribution in [0.4, 0.5) is 0 Å². The van der Waals surface area contributed by atoms with Crippen LogP contribution in [0, 0.1) is 17.3 Å². The Labute approximate surface area is 81.7 Å². The van der Waals surface area contributed by atoms with Gasteiger partial charge in [0.1, 0.15) is 0 Å². The average molecular weight is 176 g/mol. The molecule has 2 aliphatic carbocycles. The van der Waals surface area contributed by atoms with Crippen molar-refractivity contribution in [2.24, 2.45) is 17.3 Å². The first-order chi connectivity index (χ1) is 6.30. The van der Waals surface area contributed by atoms with Crippen molar-refractivity contribution >= 4 is 0 Å². The van der Waals surface area contributed by atoms with Gasteiger partial charge >= 0.3 is 0 Å². The zero-order chi connectivity index (χ0) is 9.31. The molecule has 0 saturated heterocycles. The molecule has 2 fully saturated rings. The van der Waals surface area contributed by atoms with E-state index in [2.05, 4.69) is 25.3 Å². The molecule has 72 valence electrons. The highest BCUT2D eigenvalue weighted by Crippen LogP contribution is 2.59. The second kappa shape index (κ2) is 3.32. The molecule has 0 aromatic heterocycles. The zero-order valence-electron chi connectivity index (χ0n) is 8.47. The van der Waals surface area contributed by atoms with E-state index in [1.165, 1.54) is 38.5 Å². The van der Waals surface area contributed by atoms with Crippen LogP contribution in [0.1, 0.15) is 38.5 Å². The quantitative estimate of drug-likeness (QED) is 0.569. The van der Waals surface area contributed by atoms with E-state index in [-0.39, 0.29) is 0 Å². The first-order valence-electron chi connectivity index (χ1n) is 5.52. The van der Waals surface area contributed by atoms with Crippen LogP contribution in [-0.2, 0) is 0 Å². The van der Waals surface area contributed by atoms with Crippen molar-refractivity contribution in [2.75, 3.05) is 0 Å². The van der Waals surface area contributed by atoms with Gasteiger partial charge in [0.25, 0.3) is 0 Å². The third-order valence-corrected chi connectivity index (χ3v) is 4.20. The van der Waals surface area contributed by atoms with Gasteiger partial charge in [-0.3, -0.25) is 0 Å². The first-order valence-corrected chi connectivity index (χ1v) is 5.52. The maximum Gasteiger partial charge on any atom is -0.0198 e. The van der Waals surface area contributed by atoms with E-state index >= 15 is 0 Å². The number of rotatable bonds is 4. The van der Waals surface area contributed by atoms with E-state index in [0.717, 1.165) is 11.8 Å². The van der Waals surface area contributed by atoms with Gasteiger partial charge in [-0.2, -0.15) is 0 Å². The molecule has 2 atom stereocenters. The van der Waals surface area contributed by atoms with Gasteiger partial charge in [-0.15, -0.1) is 13.2 Å². The Hall–Kier alpha value is -0.520. The normalized spacial score (nSPS) is 34.8. The van der Waals surface area contributed by atoms with Crippen molar-refractivity contribution in [3.05, 3.63) is 25.3 Å². The largest absolute Gasteiger partial charge is 0.103 e. The molecule has 0 aromatic carbocycles. The lowest BCUT2D eigenvalue weighted by molar-refractivity contribution is 0.169. The van der Waals surface area contributed by atoms with Crippen LogP contribution >= 0.6 is 0 Å². The van der Waals surface area contributed by atoms with Crippen molar-refractivity contribution in [1.29, 1.82) is 0 Å². The van der Waals surface area contributed by atoms with Crippen LogP contribution in [0.25, 0.3) is 0 Å². The summed E-state index contributed by atoms with van der Waals surface area (Å²) in [7, 11) is 0. The highest BCUT2D eigenvalue weighted by molar-refractivity contribution is 5.05. The molecule has 0 aliphatic heterocycles. The van der Waals surface area contributed by atoms with Crippen molar-refractivity contribution in [3.8, 4) is 0 Å². The Morgan fingerprint density at radius 1 is 1.15 bits per heavy atom. The van der Waals surface area contributed by atoms with Gasteiger partial charge < -0.3 is 0 Å². The first kappa shape index (κ1) is 9.05. The number of hydrogen-bond donors (Lipinski definition) is 0. The number of hydrogen-bond acceptors (Lipinski definition) is 0. The maximum atomic E-state index is 3.90. The van der Waals surface area contributed by atoms with E-state index < -0.39 is 0 Å². The van der Waals surface area contributed by atoms with Gasteiger partial charge in [0.05, 0.1) is 0 Å². The fraction of sp³-hybridized carbons (Fsp3) is 0.692. The molecule has 0 aromatic rings. The van der Waals surface area contributed by atoms with E-state index in [0.29, 0.717) is 5.41 Å². The Bertz CT molecular complexity index is 204. The molecule has 0 nitrogen and oxygen atoms in total. The van der Waals surface area contributed by atoms with Gasteiger partial charge in [0, 0.05) is 0 Å². The lowest BCUT2D eigenvalue weighted by Gasteiger charge is -2.36. The van der Waals surface area contributed by atoms with Gasteiger partial charge in [-0.1, -0.05) is 18.6 Å². The Morgan fingerprint density at radius 3 is 2.23 bits per heavy atom. The molecule has 0 spiro atoms. The minimum absolute atomic E-state index is 0.576. The summed E-state index contributed by atoms with van der Waals surface area (Å²) < 4.78 is 0. The predicted molar refractivity (Wildman–Crippen MR) is 57.5 cm³/mol. The molecule has 0 heterocycles. The second-order valence-electron chi connectivity index (χ2n) is 4.93. The fourth-order valence-electron chi connectivity index (χ4n) is 3.72. The molecule has 2 aliphatic rings. The lowest BCUT2D eigenvalue weighted by Crippen LogP contribution is -2.26. The Morgan fingerprint density at radius 2 is 1.85 bits per heavy atom. The molecular formula is C13H20. The van der Waals surface area contributed by atoms with E-state index in [4.69, 9.17) is 0 Å². The van der Waals surface area contributed by atoms with E-state index in [1.54, 1.807) is 0 Å². The Balaban J connectivity index is 2.14. The Kier molecular flexibility index (Phi) is 2.31. The molecule has 0 heteroatoms. The molecule has 0 radical (unpaired) electrons. The second-order valence-corrected chi connectivity index (χ2v) is 4.93. The average Bonchev–Trinajstić information content (AvgIpc) is 2.64. The predicted octanol–water partition coefficient (Wildman–Crippen LogP) is 3.95. The number of allylic oxidation sites excluding steroid dienone is 2. The van der Waals surface area contributed by atoms with E-state index in [9.17, 15) is 0 Å². The van der Waals surface area contributed by atoms with Crippen LogP contribution < -0.4 is 0 Å². The molecule has 0 N–H and O–H groups in total. The van der Waals surface area contributed by atoms with Gasteiger partial charge in [0.15, 0.2) is 0 Å². The van der Waals surface area contributed by atoms with Gasteiger partial charge in [0.2, 0.25) is 0 Å². The summed E-state index contributed by atoms with van der Waals surface area (Å²) in [6.45, 7) is 7.80. The summed E-state index contributed by atoms with van der Waals surface area (Å²) in [4.78, 5) is 0. The topological polar surface area (TPSA) is 0 Å². The molecule has 2 bridgehead atoms. The summed E-state index contributed by atoms with van der Waals surface area (Å²) in [6, 6.07) is 0. The highest BCUT2D eigenvalue weighted by atomic mass is 14.5. The van der Waals surface area contributed by atoms with Crippen LogP contribution in [0.15, 0.2) is 25.3 Å². The molecule has 13 heavy (non-hydrogen) atoms. The van der Waals surface area contributed by atoms with Crippen molar-refractivity contribution in [1.82, 2.24) is 0 Å². The van der Waals surface area contributed by atoms with Crippen LogP contribution in [0.5, 0.6) is 0 Å². The summed E-state index contributed by atoms with van der Waals surface area (Å²) in [6.07, 6.45) is 12.5. The summed E-state index contributed by atoms with van der Waals surface area (Å²) in [5.74, 6) is 2.01.